The molecule has 6 unspecified atom stereocenters. The van der Waals surface area contributed by atoms with Crippen molar-refractivity contribution < 1.29 is 37.8 Å². The normalized spacial score (nSPS) is 30.0. The Morgan fingerprint density at radius 3 is 2.29 bits per heavy atom. The third-order valence-corrected chi connectivity index (χ3v) is 11.3. The van der Waals surface area contributed by atoms with E-state index in [2.05, 4.69) is 4.90 Å². The second-order valence-corrected chi connectivity index (χ2v) is 13.8. The summed E-state index contributed by atoms with van der Waals surface area (Å²) in [5.74, 6) is -5.16. The van der Waals surface area contributed by atoms with Crippen LogP contribution in [0.5, 0.6) is 0 Å². The van der Waals surface area contributed by atoms with Crippen molar-refractivity contribution in [3.05, 3.63) is 88.6 Å². The zero-order chi connectivity index (χ0) is 33.5. The molecule has 0 spiro atoms. The van der Waals surface area contributed by atoms with Crippen LogP contribution >= 0.6 is 11.6 Å². The van der Waals surface area contributed by atoms with Gasteiger partial charge in [0, 0.05) is 18.8 Å². The molecule has 48 heavy (non-hydrogen) atoms. The largest absolute Gasteiger partial charge is 0.463 e. The molecule has 4 fully saturated rings. The predicted molar refractivity (Wildman–Crippen MR) is 173 cm³/mol. The van der Waals surface area contributed by atoms with Gasteiger partial charge in [0.25, 0.3) is 0 Å². The molecule has 5 aliphatic rings. The van der Waals surface area contributed by atoms with Crippen LogP contribution in [-0.2, 0) is 30.5 Å². The number of rotatable bonds is 5. The zero-order valence-electron chi connectivity index (χ0n) is 26.1. The van der Waals surface area contributed by atoms with Crippen molar-refractivity contribution in [3.63, 3.8) is 0 Å². The fourth-order valence-electron chi connectivity index (χ4n) is 8.71. The number of carbonyl (C=O) groups is 4. The summed E-state index contributed by atoms with van der Waals surface area (Å²) in [6, 6.07) is 14.4. The highest BCUT2D eigenvalue weighted by Crippen LogP contribution is 2.64. The zero-order valence-corrected chi connectivity index (χ0v) is 26.9. The number of hydrogen-bond donors (Lipinski definition) is 1. The summed E-state index contributed by atoms with van der Waals surface area (Å²) in [7, 11) is 0. The van der Waals surface area contributed by atoms with Crippen LogP contribution in [0.3, 0.4) is 0 Å². The molecule has 0 radical (unpaired) electrons. The molecule has 0 bridgehead atoms. The van der Waals surface area contributed by atoms with Gasteiger partial charge in [-0.15, -0.1) is 0 Å². The molecule has 3 aliphatic heterocycles. The SMILES string of the molecule is CC12C(=O)N(c3ccc(F)c(Cl)c3)C(=O)C1CC1C(=CCC3C(=O)N(c4ccc(N5CCOCC5)cc4)C(=O)C31)C2c1ccc(CO)o1. The van der Waals surface area contributed by atoms with E-state index in [1.807, 2.05) is 18.2 Å². The van der Waals surface area contributed by atoms with Gasteiger partial charge in [0.15, 0.2) is 0 Å². The van der Waals surface area contributed by atoms with Crippen LogP contribution in [0.25, 0.3) is 0 Å². The van der Waals surface area contributed by atoms with Crippen LogP contribution in [0.1, 0.15) is 37.2 Å². The minimum atomic E-state index is -1.33. The first kappa shape index (κ1) is 31.0. The molecule has 2 aliphatic carbocycles. The fourth-order valence-corrected chi connectivity index (χ4v) is 8.88. The summed E-state index contributed by atoms with van der Waals surface area (Å²) in [6.07, 6.45) is 2.38. The third kappa shape index (κ3) is 4.44. The van der Waals surface area contributed by atoms with Crippen LogP contribution in [0.2, 0.25) is 5.02 Å². The highest BCUT2D eigenvalue weighted by Gasteiger charge is 2.68. The highest BCUT2D eigenvalue weighted by atomic mass is 35.5. The smallest absolute Gasteiger partial charge is 0.241 e. The Hall–Kier alpha value is -4.32. The Morgan fingerprint density at radius 1 is 0.896 bits per heavy atom. The molecule has 1 aromatic heterocycles. The number of amides is 4. The lowest BCUT2D eigenvalue weighted by atomic mass is 9.52. The van der Waals surface area contributed by atoms with Crippen molar-refractivity contribution in [2.24, 2.45) is 29.1 Å². The molecule has 12 heteroatoms. The topological polar surface area (TPSA) is 121 Å². The molecule has 8 rings (SSSR count). The fraction of sp³-hybridized carbons (Fsp3) is 0.389. The molecule has 248 valence electrons. The van der Waals surface area contributed by atoms with Crippen molar-refractivity contribution in [1.82, 2.24) is 0 Å². The maximum Gasteiger partial charge on any atom is 0.241 e. The van der Waals surface area contributed by atoms with Crippen LogP contribution in [-0.4, -0.2) is 55.0 Å². The lowest BCUT2D eigenvalue weighted by Crippen LogP contribution is -2.48. The van der Waals surface area contributed by atoms with E-state index in [0.717, 1.165) is 35.3 Å². The number of aliphatic hydroxyl groups is 1. The summed E-state index contributed by atoms with van der Waals surface area (Å²) < 4.78 is 25.6. The Balaban J connectivity index is 1.18. The van der Waals surface area contributed by atoms with E-state index in [4.69, 9.17) is 20.8 Å². The van der Waals surface area contributed by atoms with Crippen molar-refractivity contribution >= 4 is 52.3 Å². The first-order valence-corrected chi connectivity index (χ1v) is 16.5. The first-order valence-electron chi connectivity index (χ1n) is 16.2. The van der Waals surface area contributed by atoms with E-state index in [0.29, 0.717) is 30.4 Å². The number of fused-ring (bicyclic) bond motifs is 4. The average Bonchev–Trinajstić information content (AvgIpc) is 3.73. The number of anilines is 3. The van der Waals surface area contributed by atoms with Gasteiger partial charge in [-0.25, -0.2) is 9.29 Å². The van der Waals surface area contributed by atoms with E-state index in [1.54, 1.807) is 31.2 Å². The summed E-state index contributed by atoms with van der Waals surface area (Å²) in [5, 5.41) is 9.58. The summed E-state index contributed by atoms with van der Waals surface area (Å²) in [5.41, 5.74) is 1.04. The molecule has 10 nitrogen and oxygen atoms in total. The Labute approximate surface area is 280 Å². The van der Waals surface area contributed by atoms with E-state index < -0.39 is 52.6 Å². The van der Waals surface area contributed by atoms with E-state index >= 15 is 0 Å². The Bertz CT molecular complexity index is 1890. The Kier molecular flexibility index (Phi) is 7.35. The van der Waals surface area contributed by atoms with Gasteiger partial charge in [-0.2, -0.15) is 0 Å². The average molecular weight is 674 g/mol. The van der Waals surface area contributed by atoms with Crippen molar-refractivity contribution in [3.8, 4) is 0 Å². The lowest BCUT2D eigenvalue weighted by Gasteiger charge is -2.48. The molecule has 1 saturated carbocycles. The van der Waals surface area contributed by atoms with Gasteiger partial charge in [-0.3, -0.25) is 24.1 Å². The second kappa shape index (κ2) is 11.4. The molecule has 2 aromatic carbocycles. The lowest BCUT2D eigenvalue weighted by molar-refractivity contribution is -0.131. The van der Waals surface area contributed by atoms with Gasteiger partial charge in [0.1, 0.15) is 23.9 Å². The highest BCUT2D eigenvalue weighted by molar-refractivity contribution is 6.32. The molecule has 4 heterocycles. The number of benzene rings is 2. The maximum atomic E-state index is 14.4. The summed E-state index contributed by atoms with van der Waals surface area (Å²) >= 11 is 6.07. The molecular weight excluding hydrogens is 641 g/mol. The predicted octanol–water partition coefficient (Wildman–Crippen LogP) is 4.84. The quantitative estimate of drug-likeness (QED) is 0.302. The van der Waals surface area contributed by atoms with Crippen molar-refractivity contribution in [1.29, 1.82) is 0 Å². The van der Waals surface area contributed by atoms with Crippen LogP contribution in [0.15, 0.2) is 70.7 Å². The van der Waals surface area contributed by atoms with E-state index in [-0.39, 0.29) is 42.0 Å². The minimum Gasteiger partial charge on any atom is -0.463 e. The Morgan fingerprint density at radius 2 is 1.60 bits per heavy atom. The van der Waals surface area contributed by atoms with Gasteiger partial charge >= 0.3 is 0 Å². The van der Waals surface area contributed by atoms with Gasteiger partial charge < -0.3 is 19.2 Å². The number of hydrogen-bond acceptors (Lipinski definition) is 8. The van der Waals surface area contributed by atoms with E-state index in [1.165, 1.54) is 17.0 Å². The number of imide groups is 2. The number of carbonyl (C=O) groups excluding carboxylic acids is 4. The maximum absolute atomic E-state index is 14.4. The molecular formula is C36H33ClFN3O7. The standard InChI is InChI=1S/C36H33ClFN3O7/c1-36-26(33(44)41(35(36)46)21-6-10-28(38)27(37)16-21)17-25-23(31(36)29-11-7-22(18-42)48-29)8-9-24-30(25)34(45)40(32(24)43)20-4-2-19(3-5-20)39-12-14-47-15-13-39/h2-8,10-11,16,24-26,30-31,42H,9,12-15,17-18H2,1H3. The van der Waals surface area contributed by atoms with Gasteiger partial charge in [0.05, 0.1) is 58.7 Å². The number of ether oxygens (including phenoxy) is 1. The van der Waals surface area contributed by atoms with Crippen LogP contribution in [0, 0.1) is 34.9 Å². The first-order chi connectivity index (χ1) is 23.1. The second-order valence-electron chi connectivity index (χ2n) is 13.3. The number of morpholine rings is 1. The summed E-state index contributed by atoms with van der Waals surface area (Å²) in [6.45, 7) is 4.14. The number of halogens is 2. The molecule has 1 N–H and O–H groups in total. The minimum absolute atomic E-state index is 0.148. The third-order valence-electron chi connectivity index (χ3n) is 11.0. The van der Waals surface area contributed by atoms with Crippen molar-refractivity contribution in [2.45, 2.75) is 32.3 Å². The summed E-state index contributed by atoms with van der Waals surface area (Å²) in [4.78, 5) is 61.5. The van der Waals surface area contributed by atoms with Gasteiger partial charge in [-0.05, 0) is 80.3 Å². The van der Waals surface area contributed by atoms with Crippen LogP contribution in [0.4, 0.5) is 21.5 Å². The monoisotopic (exact) mass is 673 g/mol. The molecule has 3 aromatic rings. The van der Waals surface area contributed by atoms with Crippen LogP contribution < -0.4 is 14.7 Å². The number of furan rings is 1. The number of aliphatic hydroxyl groups excluding tert-OH is 1. The molecule has 6 atom stereocenters. The van der Waals surface area contributed by atoms with Crippen molar-refractivity contribution in [2.75, 3.05) is 41.0 Å². The van der Waals surface area contributed by atoms with Gasteiger partial charge in [-0.1, -0.05) is 23.3 Å². The number of nitrogens with zero attached hydrogens (tertiary/aromatic N) is 3. The molecule has 3 saturated heterocycles. The number of allylic oxidation sites excluding steroid dienone is 2. The molecule has 4 amide bonds. The van der Waals surface area contributed by atoms with Gasteiger partial charge in [0.2, 0.25) is 23.6 Å². The van der Waals surface area contributed by atoms with E-state index in [9.17, 15) is 28.7 Å².